The summed E-state index contributed by atoms with van der Waals surface area (Å²) in [5.74, 6) is 2.20. The third-order valence-electron chi connectivity index (χ3n) is 5.42. The monoisotopic (exact) mass is 554 g/mol. The molecule has 1 aliphatic rings. The van der Waals surface area contributed by atoms with Gasteiger partial charge in [0.15, 0.2) is 17.5 Å². The fourth-order valence-electron chi connectivity index (χ4n) is 3.67. The van der Waals surface area contributed by atoms with E-state index < -0.39 is 4.92 Å². The first kappa shape index (κ1) is 25.7. The highest BCUT2D eigenvalue weighted by Gasteiger charge is 2.16. The Bertz CT molecular complexity index is 899. The minimum Gasteiger partial charge on any atom is -0.493 e. The zero-order valence-corrected chi connectivity index (χ0v) is 20.8. The molecule has 0 saturated heterocycles. The lowest BCUT2D eigenvalue weighted by atomic mass is 10.1. The predicted octanol–water partition coefficient (Wildman–Crippen LogP) is 4.45. The number of nitro groups is 1. The van der Waals surface area contributed by atoms with E-state index in [0.29, 0.717) is 24.9 Å². The first-order valence-electron chi connectivity index (χ1n) is 10.6. The van der Waals surface area contributed by atoms with Crippen molar-refractivity contribution in [3.8, 4) is 11.5 Å². The largest absolute Gasteiger partial charge is 0.493 e. The van der Waals surface area contributed by atoms with Gasteiger partial charge in [0.2, 0.25) is 0 Å². The van der Waals surface area contributed by atoms with E-state index in [4.69, 9.17) is 14.5 Å². The standard InChI is InChI=1S/C23H30N4O4.HI/c1-30-21-12-9-17(15-22(21)31-2)13-14-24-23(26-19-5-3-4-6-19)25-16-18-7-10-20(11-8-18)27(28)29;/h7-12,15,19H,3-6,13-14,16H2,1-2H3,(H2,24,25,26);1H. The lowest BCUT2D eigenvalue weighted by Crippen LogP contribution is -2.43. The molecule has 0 amide bonds. The molecule has 8 nitrogen and oxygen atoms in total. The second-order valence-electron chi connectivity index (χ2n) is 7.58. The van der Waals surface area contributed by atoms with Crippen molar-refractivity contribution >= 4 is 35.6 Å². The van der Waals surface area contributed by atoms with Crippen molar-refractivity contribution in [3.63, 3.8) is 0 Å². The van der Waals surface area contributed by atoms with E-state index in [9.17, 15) is 10.1 Å². The molecule has 1 aliphatic carbocycles. The SMILES string of the molecule is COc1ccc(CCNC(=NCc2ccc([N+](=O)[O-])cc2)NC2CCCC2)cc1OC.I. The molecule has 1 saturated carbocycles. The van der Waals surface area contributed by atoms with Crippen molar-refractivity contribution in [3.05, 3.63) is 63.7 Å². The van der Waals surface area contributed by atoms with Crippen LogP contribution in [0.5, 0.6) is 11.5 Å². The Morgan fingerprint density at radius 2 is 1.72 bits per heavy atom. The van der Waals surface area contributed by atoms with Gasteiger partial charge in [-0.25, -0.2) is 4.99 Å². The van der Waals surface area contributed by atoms with E-state index in [0.717, 1.165) is 42.1 Å². The van der Waals surface area contributed by atoms with Gasteiger partial charge in [-0.1, -0.05) is 31.0 Å². The van der Waals surface area contributed by atoms with Crippen LogP contribution in [0.3, 0.4) is 0 Å². The molecule has 32 heavy (non-hydrogen) atoms. The van der Waals surface area contributed by atoms with E-state index in [1.165, 1.54) is 25.0 Å². The number of hydrogen-bond acceptors (Lipinski definition) is 5. The van der Waals surface area contributed by atoms with Crippen LogP contribution in [0.25, 0.3) is 0 Å². The smallest absolute Gasteiger partial charge is 0.269 e. The zero-order chi connectivity index (χ0) is 22.1. The lowest BCUT2D eigenvalue weighted by molar-refractivity contribution is -0.384. The minimum atomic E-state index is -0.393. The molecule has 0 unspecified atom stereocenters. The molecule has 0 radical (unpaired) electrons. The molecule has 2 N–H and O–H groups in total. The predicted molar refractivity (Wildman–Crippen MR) is 136 cm³/mol. The third kappa shape index (κ3) is 7.54. The average Bonchev–Trinajstić information content (AvgIpc) is 3.30. The van der Waals surface area contributed by atoms with E-state index in [-0.39, 0.29) is 29.7 Å². The highest BCUT2D eigenvalue weighted by atomic mass is 127. The number of benzene rings is 2. The van der Waals surface area contributed by atoms with Gasteiger partial charge in [-0.3, -0.25) is 10.1 Å². The van der Waals surface area contributed by atoms with Crippen LogP contribution in [0.2, 0.25) is 0 Å². The molecule has 0 aromatic heterocycles. The Hall–Kier alpha value is -2.56. The van der Waals surface area contributed by atoms with Gasteiger partial charge in [-0.05, 0) is 42.5 Å². The van der Waals surface area contributed by atoms with Crippen molar-refractivity contribution in [1.29, 1.82) is 0 Å². The van der Waals surface area contributed by atoms with Gasteiger partial charge in [0, 0.05) is 24.7 Å². The molecule has 1 fully saturated rings. The maximum absolute atomic E-state index is 10.8. The number of non-ortho nitro benzene ring substituents is 1. The molecule has 0 spiro atoms. The van der Waals surface area contributed by atoms with Gasteiger partial charge in [0.1, 0.15) is 0 Å². The van der Waals surface area contributed by atoms with Crippen molar-refractivity contribution < 1.29 is 14.4 Å². The first-order valence-corrected chi connectivity index (χ1v) is 10.6. The number of ether oxygens (including phenoxy) is 2. The molecular weight excluding hydrogens is 523 g/mol. The number of nitrogens with one attached hydrogen (secondary N) is 2. The van der Waals surface area contributed by atoms with Crippen molar-refractivity contribution in [2.45, 2.75) is 44.7 Å². The number of aliphatic imine (C=N–C) groups is 1. The summed E-state index contributed by atoms with van der Waals surface area (Å²) in [7, 11) is 3.26. The Balaban J connectivity index is 0.00000363. The lowest BCUT2D eigenvalue weighted by Gasteiger charge is -2.18. The van der Waals surface area contributed by atoms with Crippen LogP contribution in [0.15, 0.2) is 47.5 Å². The Morgan fingerprint density at radius 3 is 2.34 bits per heavy atom. The molecule has 2 aromatic carbocycles. The average molecular weight is 554 g/mol. The minimum absolute atomic E-state index is 0. The van der Waals surface area contributed by atoms with Crippen LogP contribution in [0.1, 0.15) is 36.8 Å². The molecule has 0 atom stereocenters. The van der Waals surface area contributed by atoms with Gasteiger partial charge in [0.05, 0.1) is 25.7 Å². The van der Waals surface area contributed by atoms with Gasteiger partial charge in [-0.2, -0.15) is 0 Å². The van der Waals surface area contributed by atoms with Crippen LogP contribution in [-0.4, -0.2) is 37.7 Å². The summed E-state index contributed by atoms with van der Waals surface area (Å²) in [4.78, 5) is 15.1. The highest BCUT2D eigenvalue weighted by Crippen LogP contribution is 2.27. The summed E-state index contributed by atoms with van der Waals surface area (Å²) < 4.78 is 10.7. The van der Waals surface area contributed by atoms with Gasteiger partial charge in [-0.15, -0.1) is 24.0 Å². The summed E-state index contributed by atoms with van der Waals surface area (Å²) in [5.41, 5.74) is 2.16. The molecule has 174 valence electrons. The fourth-order valence-corrected chi connectivity index (χ4v) is 3.67. The van der Waals surface area contributed by atoms with E-state index in [1.807, 2.05) is 18.2 Å². The van der Waals surface area contributed by atoms with E-state index in [1.54, 1.807) is 26.4 Å². The third-order valence-corrected chi connectivity index (χ3v) is 5.42. The maximum Gasteiger partial charge on any atom is 0.269 e. The van der Waals surface area contributed by atoms with Crippen LogP contribution in [-0.2, 0) is 13.0 Å². The van der Waals surface area contributed by atoms with Crippen LogP contribution >= 0.6 is 24.0 Å². The summed E-state index contributed by atoms with van der Waals surface area (Å²) in [6.07, 6.45) is 5.57. The van der Waals surface area contributed by atoms with Crippen LogP contribution in [0.4, 0.5) is 5.69 Å². The Labute approximate surface area is 206 Å². The molecule has 9 heteroatoms. The topological polar surface area (TPSA) is 98.0 Å². The molecular formula is C23H31IN4O4. The van der Waals surface area contributed by atoms with Crippen molar-refractivity contribution in [1.82, 2.24) is 10.6 Å². The number of rotatable bonds is 9. The zero-order valence-electron chi connectivity index (χ0n) is 18.5. The molecule has 0 heterocycles. The van der Waals surface area contributed by atoms with E-state index >= 15 is 0 Å². The second-order valence-corrected chi connectivity index (χ2v) is 7.58. The second kappa shape index (κ2) is 13.1. The maximum atomic E-state index is 10.8. The van der Waals surface area contributed by atoms with Gasteiger partial charge in [0.25, 0.3) is 5.69 Å². The number of hydrogen-bond donors (Lipinski definition) is 2. The van der Waals surface area contributed by atoms with Crippen LogP contribution in [0, 0.1) is 10.1 Å². The summed E-state index contributed by atoms with van der Waals surface area (Å²) in [6.45, 7) is 1.17. The molecule has 0 aliphatic heterocycles. The molecule has 3 rings (SSSR count). The Kier molecular flexibility index (Phi) is 10.5. The Morgan fingerprint density at radius 1 is 1.06 bits per heavy atom. The van der Waals surface area contributed by atoms with Crippen molar-refractivity contribution in [2.24, 2.45) is 4.99 Å². The number of nitrogens with zero attached hydrogens (tertiary/aromatic N) is 2. The molecule has 2 aromatic rings. The number of halogens is 1. The number of nitro benzene ring substituents is 1. The van der Waals surface area contributed by atoms with Gasteiger partial charge >= 0.3 is 0 Å². The highest BCUT2D eigenvalue weighted by molar-refractivity contribution is 14.0. The van der Waals surface area contributed by atoms with E-state index in [2.05, 4.69) is 10.6 Å². The number of guanidine groups is 1. The quantitative estimate of drug-likeness (QED) is 0.156. The van der Waals surface area contributed by atoms with Gasteiger partial charge < -0.3 is 20.1 Å². The van der Waals surface area contributed by atoms with Crippen molar-refractivity contribution in [2.75, 3.05) is 20.8 Å². The van der Waals surface area contributed by atoms with Crippen LogP contribution < -0.4 is 20.1 Å². The summed E-state index contributed by atoms with van der Waals surface area (Å²) >= 11 is 0. The molecule has 0 bridgehead atoms. The summed E-state index contributed by atoms with van der Waals surface area (Å²) in [5, 5.41) is 17.8. The number of methoxy groups -OCH3 is 2. The fraction of sp³-hybridized carbons (Fsp3) is 0.435. The summed E-state index contributed by atoms with van der Waals surface area (Å²) in [6, 6.07) is 12.9. The normalized spacial score (nSPS) is 13.9. The first-order chi connectivity index (χ1) is 15.1.